The van der Waals surface area contributed by atoms with Crippen molar-refractivity contribution in [2.45, 2.75) is 25.3 Å². The van der Waals surface area contributed by atoms with E-state index < -0.39 is 18.0 Å². The molecule has 2 aromatic rings. The number of nitrogens with one attached hydrogen (secondary N) is 2. The molecule has 1 aliphatic rings. The number of aliphatic carboxylic acids is 1. The van der Waals surface area contributed by atoms with Gasteiger partial charge in [0.1, 0.15) is 6.61 Å². The Labute approximate surface area is 162 Å². The van der Waals surface area contributed by atoms with Crippen LogP contribution >= 0.6 is 0 Å². The van der Waals surface area contributed by atoms with Crippen LogP contribution in [0.15, 0.2) is 48.5 Å². The average molecular weight is 382 g/mol. The molecule has 146 valence electrons. The summed E-state index contributed by atoms with van der Waals surface area (Å²) in [4.78, 5) is 33.5. The van der Waals surface area contributed by atoms with Gasteiger partial charge < -0.3 is 20.5 Å². The normalized spacial score (nSPS) is 13.2. The smallest absolute Gasteiger partial charge is 0.407 e. The molecule has 3 N–H and O–H groups in total. The number of ether oxygens (including phenoxy) is 1. The molecule has 7 nitrogen and oxygen atoms in total. The van der Waals surface area contributed by atoms with Crippen molar-refractivity contribution in [2.75, 3.05) is 13.2 Å². The summed E-state index contributed by atoms with van der Waals surface area (Å²) in [7, 11) is 0. The summed E-state index contributed by atoms with van der Waals surface area (Å²) in [6.45, 7) is 2.13. The SMILES string of the molecule is CC(CCNC(=O)C(=O)O)NC(=O)OCC1c2ccccc2-c2ccccc21. The van der Waals surface area contributed by atoms with Crippen molar-refractivity contribution in [1.82, 2.24) is 10.6 Å². The molecular weight excluding hydrogens is 360 g/mol. The number of alkyl carbamates (subject to hydrolysis) is 1. The summed E-state index contributed by atoms with van der Waals surface area (Å²) < 4.78 is 5.44. The van der Waals surface area contributed by atoms with Crippen LogP contribution in [0.4, 0.5) is 4.79 Å². The van der Waals surface area contributed by atoms with E-state index in [0.717, 1.165) is 22.3 Å². The number of carbonyl (C=O) groups is 3. The lowest BCUT2D eigenvalue weighted by atomic mass is 9.98. The van der Waals surface area contributed by atoms with E-state index in [1.54, 1.807) is 6.92 Å². The highest BCUT2D eigenvalue weighted by Crippen LogP contribution is 2.44. The van der Waals surface area contributed by atoms with Gasteiger partial charge in [-0.3, -0.25) is 4.79 Å². The fraction of sp³-hybridized carbons (Fsp3) is 0.286. The number of carboxylic acid groups (broad SMARTS) is 1. The molecule has 0 aromatic heterocycles. The van der Waals surface area contributed by atoms with Crippen LogP contribution in [0.2, 0.25) is 0 Å². The Morgan fingerprint density at radius 1 is 1.04 bits per heavy atom. The highest BCUT2D eigenvalue weighted by Gasteiger charge is 2.29. The van der Waals surface area contributed by atoms with E-state index in [0.29, 0.717) is 6.42 Å². The fourth-order valence-corrected chi connectivity index (χ4v) is 3.39. The predicted octanol–water partition coefficient (Wildman–Crippen LogP) is 2.50. The number of carbonyl (C=O) groups excluding carboxylic acids is 2. The van der Waals surface area contributed by atoms with Crippen LogP contribution in [0.1, 0.15) is 30.4 Å². The zero-order chi connectivity index (χ0) is 20.1. The molecule has 28 heavy (non-hydrogen) atoms. The van der Waals surface area contributed by atoms with Crippen LogP contribution in [0.25, 0.3) is 11.1 Å². The van der Waals surface area contributed by atoms with E-state index >= 15 is 0 Å². The molecule has 2 amide bonds. The van der Waals surface area contributed by atoms with E-state index in [4.69, 9.17) is 9.84 Å². The van der Waals surface area contributed by atoms with E-state index in [9.17, 15) is 14.4 Å². The fourth-order valence-electron chi connectivity index (χ4n) is 3.39. The van der Waals surface area contributed by atoms with Gasteiger partial charge in [0.25, 0.3) is 0 Å². The number of benzene rings is 2. The van der Waals surface area contributed by atoms with Crippen LogP contribution in [0.3, 0.4) is 0 Å². The first-order chi connectivity index (χ1) is 13.5. The number of carboxylic acids is 1. The highest BCUT2D eigenvalue weighted by atomic mass is 16.5. The summed E-state index contributed by atoms with van der Waals surface area (Å²) in [5, 5.41) is 13.5. The first-order valence-corrected chi connectivity index (χ1v) is 9.10. The monoisotopic (exact) mass is 382 g/mol. The molecule has 1 aliphatic carbocycles. The van der Waals surface area contributed by atoms with Crippen LogP contribution in [0, 0.1) is 0 Å². The molecule has 3 rings (SSSR count). The number of hydrogen-bond acceptors (Lipinski definition) is 4. The lowest BCUT2D eigenvalue weighted by Gasteiger charge is -2.17. The van der Waals surface area contributed by atoms with Gasteiger partial charge in [-0.1, -0.05) is 48.5 Å². The van der Waals surface area contributed by atoms with Crippen molar-refractivity contribution < 1.29 is 24.2 Å². The summed E-state index contributed by atoms with van der Waals surface area (Å²) in [6, 6.07) is 15.9. The lowest BCUT2D eigenvalue weighted by molar-refractivity contribution is -0.150. The van der Waals surface area contributed by atoms with Crippen molar-refractivity contribution in [2.24, 2.45) is 0 Å². The Morgan fingerprint density at radius 2 is 1.61 bits per heavy atom. The molecule has 0 radical (unpaired) electrons. The Morgan fingerprint density at radius 3 is 2.18 bits per heavy atom. The standard InChI is InChI=1S/C21H22N2O5/c1-13(10-11-22-19(24)20(25)26)23-21(27)28-12-18-16-8-4-2-6-14(16)15-7-3-5-9-17(15)18/h2-9,13,18H,10-12H2,1H3,(H,22,24)(H,23,27)(H,25,26). The minimum Gasteiger partial charge on any atom is -0.474 e. The minimum atomic E-state index is -1.53. The van der Waals surface area contributed by atoms with Gasteiger partial charge in [-0.2, -0.15) is 0 Å². The number of amides is 2. The molecule has 0 bridgehead atoms. The molecule has 0 spiro atoms. The molecule has 0 saturated carbocycles. The number of fused-ring (bicyclic) bond motifs is 3. The van der Waals surface area contributed by atoms with Gasteiger partial charge in [0, 0.05) is 18.5 Å². The van der Waals surface area contributed by atoms with Gasteiger partial charge in [-0.05, 0) is 35.6 Å². The average Bonchev–Trinajstić information content (AvgIpc) is 3.00. The molecule has 7 heteroatoms. The molecular formula is C21H22N2O5. The zero-order valence-corrected chi connectivity index (χ0v) is 15.5. The van der Waals surface area contributed by atoms with Crippen molar-refractivity contribution in [3.63, 3.8) is 0 Å². The molecule has 1 unspecified atom stereocenters. The van der Waals surface area contributed by atoms with Crippen molar-refractivity contribution in [3.8, 4) is 11.1 Å². The molecule has 2 aromatic carbocycles. The summed E-state index contributed by atoms with van der Waals surface area (Å²) in [6.07, 6.45) is -0.151. The number of rotatable bonds is 6. The van der Waals surface area contributed by atoms with Gasteiger partial charge >= 0.3 is 18.0 Å². The lowest BCUT2D eigenvalue weighted by Crippen LogP contribution is -2.38. The first-order valence-electron chi connectivity index (χ1n) is 9.10. The van der Waals surface area contributed by atoms with Gasteiger partial charge in [-0.15, -0.1) is 0 Å². The quantitative estimate of drug-likeness (QED) is 0.666. The summed E-state index contributed by atoms with van der Waals surface area (Å²) in [5.41, 5.74) is 4.60. The minimum absolute atomic E-state index is 0.0108. The van der Waals surface area contributed by atoms with E-state index in [1.807, 2.05) is 24.3 Å². The third-order valence-electron chi connectivity index (χ3n) is 4.77. The Balaban J connectivity index is 1.52. The molecule has 0 aliphatic heterocycles. The van der Waals surface area contributed by atoms with Crippen LogP contribution in [-0.2, 0) is 14.3 Å². The van der Waals surface area contributed by atoms with Gasteiger partial charge in [0.15, 0.2) is 0 Å². The Kier molecular flexibility index (Phi) is 5.93. The van der Waals surface area contributed by atoms with Crippen molar-refractivity contribution in [3.05, 3.63) is 59.7 Å². The topological polar surface area (TPSA) is 105 Å². The third-order valence-corrected chi connectivity index (χ3v) is 4.77. The highest BCUT2D eigenvalue weighted by molar-refractivity contribution is 6.31. The van der Waals surface area contributed by atoms with E-state index in [1.165, 1.54) is 0 Å². The summed E-state index contributed by atoms with van der Waals surface area (Å²) in [5.74, 6) is -2.60. The maximum absolute atomic E-state index is 12.1. The second-order valence-electron chi connectivity index (χ2n) is 6.72. The zero-order valence-electron chi connectivity index (χ0n) is 15.5. The largest absolute Gasteiger partial charge is 0.474 e. The maximum Gasteiger partial charge on any atom is 0.407 e. The third kappa shape index (κ3) is 4.31. The second kappa shape index (κ2) is 8.56. The maximum atomic E-state index is 12.1. The molecule has 1 atom stereocenters. The van der Waals surface area contributed by atoms with Crippen LogP contribution in [-0.4, -0.2) is 42.3 Å². The van der Waals surface area contributed by atoms with Gasteiger partial charge in [0.2, 0.25) is 0 Å². The second-order valence-corrected chi connectivity index (χ2v) is 6.72. The van der Waals surface area contributed by atoms with Gasteiger partial charge in [0.05, 0.1) is 0 Å². The van der Waals surface area contributed by atoms with Crippen molar-refractivity contribution >= 4 is 18.0 Å². The summed E-state index contributed by atoms with van der Waals surface area (Å²) >= 11 is 0. The van der Waals surface area contributed by atoms with Crippen LogP contribution in [0.5, 0.6) is 0 Å². The number of hydrogen-bond donors (Lipinski definition) is 3. The van der Waals surface area contributed by atoms with E-state index in [-0.39, 0.29) is 25.1 Å². The van der Waals surface area contributed by atoms with E-state index in [2.05, 4.69) is 34.9 Å². The van der Waals surface area contributed by atoms with Crippen molar-refractivity contribution in [1.29, 1.82) is 0 Å². The molecule has 0 fully saturated rings. The van der Waals surface area contributed by atoms with Crippen LogP contribution < -0.4 is 10.6 Å². The van der Waals surface area contributed by atoms with Gasteiger partial charge in [-0.25, -0.2) is 9.59 Å². The molecule has 0 heterocycles. The Bertz CT molecular complexity index is 850. The predicted molar refractivity (Wildman–Crippen MR) is 103 cm³/mol. The Hall–Kier alpha value is -3.35. The first kappa shape index (κ1) is 19.4. The molecule has 0 saturated heterocycles.